The fourth-order valence-corrected chi connectivity index (χ4v) is 2.68. The highest BCUT2D eigenvalue weighted by molar-refractivity contribution is 7.99. The van der Waals surface area contributed by atoms with Crippen molar-refractivity contribution < 1.29 is 18.7 Å². The van der Waals surface area contributed by atoms with Crippen molar-refractivity contribution in [2.24, 2.45) is 5.92 Å². The maximum absolute atomic E-state index is 12.0. The number of thioether (sulfide) groups is 1. The van der Waals surface area contributed by atoms with Crippen molar-refractivity contribution in [3.63, 3.8) is 0 Å². The number of rotatable bonds is 5. The van der Waals surface area contributed by atoms with E-state index in [-0.39, 0.29) is 29.4 Å². The number of aromatic nitrogens is 2. The van der Waals surface area contributed by atoms with E-state index in [4.69, 9.17) is 9.15 Å². The second-order valence-electron chi connectivity index (χ2n) is 4.95. The second-order valence-corrected chi connectivity index (χ2v) is 5.87. The van der Waals surface area contributed by atoms with Gasteiger partial charge in [0.2, 0.25) is 5.91 Å². The van der Waals surface area contributed by atoms with E-state index in [1.54, 1.807) is 6.92 Å². The van der Waals surface area contributed by atoms with Crippen LogP contribution in [-0.4, -0.2) is 52.4 Å². The molecule has 0 aliphatic carbocycles. The molecule has 1 fully saturated rings. The topological polar surface area (TPSA) is 85.5 Å². The fourth-order valence-electron chi connectivity index (χ4n) is 2.02. The molecule has 0 aromatic carbocycles. The fraction of sp³-hybridized carbons (Fsp3) is 0.692. The van der Waals surface area contributed by atoms with Gasteiger partial charge in [0.05, 0.1) is 12.4 Å². The Balaban J connectivity index is 1.80. The van der Waals surface area contributed by atoms with Gasteiger partial charge < -0.3 is 14.1 Å². The molecule has 0 atom stereocenters. The lowest BCUT2D eigenvalue weighted by Crippen LogP contribution is -2.38. The summed E-state index contributed by atoms with van der Waals surface area (Å²) in [6.07, 6.45) is 2.09. The van der Waals surface area contributed by atoms with E-state index in [1.807, 2.05) is 4.90 Å². The van der Waals surface area contributed by atoms with Crippen molar-refractivity contribution in [1.82, 2.24) is 15.1 Å². The number of nitrogens with zero attached hydrogens (tertiary/aromatic N) is 3. The predicted octanol–water partition coefficient (Wildman–Crippen LogP) is 1.60. The summed E-state index contributed by atoms with van der Waals surface area (Å²) >= 11 is 1.14. The van der Waals surface area contributed by atoms with Gasteiger partial charge in [0.1, 0.15) is 0 Å². The molecular weight excluding hydrogens is 294 g/mol. The number of esters is 1. The summed E-state index contributed by atoms with van der Waals surface area (Å²) in [4.78, 5) is 25.3. The molecule has 0 N–H and O–H groups in total. The van der Waals surface area contributed by atoms with Gasteiger partial charge in [-0.3, -0.25) is 4.79 Å². The van der Waals surface area contributed by atoms with Gasteiger partial charge in [0, 0.05) is 13.1 Å². The molecule has 116 valence electrons. The van der Waals surface area contributed by atoms with Gasteiger partial charge in [0.25, 0.3) is 5.22 Å². The van der Waals surface area contributed by atoms with Crippen LogP contribution >= 0.6 is 11.8 Å². The highest BCUT2D eigenvalue weighted by Gasteiger charge is 2.22. The maximum atomic E-state index is 12.0. The predicted molar refractivity (Wildman–Crippen MR) is 76.0 cm³/mol. The zero-order valence-electron chi connectivity index (χ0n) is 12.2. The largest absolute Gasteiger partial charge is 0.459 e. The van der Waals surface area contributed by atoms with E-state index in [1.165, 1.54) is 0 Å². The van der Waals surface area contributed by atoms with Gasteiger partial charge in [-0.25, -0.2) is 4.79 Å². The molecule has 0 saturated carbocycles. The highest BCUT2D eigenvalue weighted by Crippen LogP contribution is 2.20. The van der Waals surface area contributed by atoms with Crippen LogP contribution in [0.4, 0.5) is 0 Å². The van der Waals surface area contributed by atoms with Gasteiger partial charge in [-0.1, -0.05) is 23.8 Å². The Labute approximate surface area is 127 Å². The van der Waals surface area contributed by atoms with E-state index in [0.717, 1.165) is 37.7 Å². The minimum absolute atomic E-state index is 0.0581. The Morgan fingerprint density at radius 3 is 2.76 bits per heavy atom. The smallest absolute Gasteiger partial charge is 0.396 e. The second kappa shape index (κ2) is 7.44. The number of piperidine rings is 1. The van der Waals surface area contributed by atoms with Crippen molar-refractivity contribution in [2.75, 3.05) is 25.4 Å². The molecule has 0 unspecified atom stereocenters. The Hall–Kier alpha value is -1.57. The Bertz CT molecular complexity index is 497. The summed E-state index contributed by atoms with van der Waals surface area (Å²) < 4.78 is 9.90. The molecule has 2 heterocycles. The molecule has 0 radical (unpaired) electrons. The van der Waals surface area contributed by atoms with Crippen molar-refractivity contribution >= 4 is 23.6 Å². The van der Waals surface area contributed by atoms with E-state index in [0.29, 0.717) is 5.92 Å². The lowest BCUT2D eigenvalue weighted by atomic mass is 9.99. The molecule has 0 bridgehead atoms. The zero-order chi connectivity index (χ0) is 15.2. The first-order valence-corrected chi connectivity index (χ1v) is 8.00. The van der Waals surface area contributed by atoms with Crippen molar-refractivity contribution in [3.8, 4) is 0 Å². The molecule has 21 heavy (non-hydrogen) atoms. The Kier molecular flexibility index (Phi) is 5.60. The molecule has 0 spiro atoms. The van der Waals surface area contributed by atoms with E-state index in [2.05, 4.69) is 17.1 Å². The SMILES string of the molecule is CCOC(=O)c1nnc(SCC(=O)N2CCC(C)CC2)o1. The first-order valence-electron chi connectivity index (χ1n) is 7.01. The van der Waals surface area contributed by atoms with Gasteiger partial charge in [-0.05, 0) is 25.7 Å². The molecule has 1 aliphatic rings. The van der Waals surface area contributed by atoms with Crippen molar-refractivity contribution in [3.05, 3.63) is 5.89 Å². The molecule has 1 aliphatic heterocycles. The summed E-state index contributed by atoms with van der Waals surface area (Å²) in [6.45, 7) is 5.75. The van der Waals surface area contributed by atoms with Gasteiger partial charge in [0.15, 0.2) is 0 Å². The first-order chi connectivity index (χ1) is 10.1. The number of carbonyl (C=O) groups is 2. The van der Waals surface area contributed by atoms with Crippen LogP contribution in [0.1, 0.15) is 37.4 Å². The van der Waals surface area contributed by atoms with E-state index >= 15 is 0 Å². The Morgan fingerprint density at radius 1 is 1.38 bits per heavy atom. The van der Waals surface area contributed by atoms with Gasteiger partial charge in [-0.2, -0.15) is 0 Å². The minimum Gasteiger partial charge on any atom is -0.459 e. The number of carbonyl (C=O) groups excluding carboxylic acids is 2. The van der Waals surface area contributed by atoms with Gasteiger partial charge >= 0.3 is 11.9 Å². The molecule has 1 saturated heterocycles. The lowest BCUT2D eigenvalue weighted by molar-refractivity contribution is -0.129. The van der Waals surface area contributed by atoms with Crippen LogP contribution in [-0.2, 0) is 9.53 Å². The zero-order valence-corrected chi connectivity index (χ0v) is 13.0. The number of ether oxygens (including phenoxy) is 1. The normalized spacial score (nSPS) is 16.0. The Morgan fingerprint density at radius 2 is 2.10 bits per heavy atom. The molecule has 1 amide bonds. The lowest BCUT2D eigenvalue weighted by Gasteiger charge is -2.30. The maximum Gasteiger partial charge on any atom is 0.396 e. The third-order valence-electron chi connectivity index (χ3n) is 3.31. The monoisotopic (exact) mass is 313 g/mol. The van der Waals surface area contributed by atoms with E-state index < -0.39 is 5.97 Å². The van der Waals surface area contributed by atoms with Crippen LogP contribution in [0.15, 0.2) is 9.64 Å². The van der Waals surface area contributed by atoms with Crippen LogP contribution in [0.2, 0.25) is 0 Å². The number of hydrogen-bond acceptors (Lipinski definition) is 7. The van der Waals surface area contributed by atoms with Crippen molar-refractivity contribution in [1.29, 1.82) is 0 Å². The average molecular weight is 313 g/mol. The third kappa shape index (κ3) is 4.45. The summed E-state index contributed by atoms with van der Waals surface area (Å²) in [5.74, 6) is 0.151. The standard InChI is InChI=1S/C13H19N3O4S/c1-3-19-12(18)11-14-15-13(20-11)21-8-10(17)16-6-4-9(2)5-7-16/h9H,3-8H2,1-2H3. The number of likely N-dealkylation sites (tertiary alicyclic amines) is 1. The summed E-state index contributed by atoms with van der Waals surface area (Å²) in [5, 5.41) is 7.53. The first kappa shape index (κ1) is 15.8. The minimum atomic E-state index is -0.645. The summed E-state index contributed by atoms with van der Waals surface area (Å²) in [7, 11) is 0. The van der Waals surface area contributed by atoms with Crippen LogP contribution in [0.5, 0.6) is 0 Å². The number of amides is 1. The van der Waals surface area contributed by atoms with Crippen LogP contribution in [0, 0.1) is 5.92 Å². The number of hydrogen-bond donors (Lipinski definition) is 0. The summed E-state index contributed by atoms with van der Waals surface area (Å²) in [5.41, 5.74) is 0. The van der Waals surface area contributed by atoms with Crippen molar-refractivity contribution in [2.45, 2.75) is 31.9 Å². The van der Waals surface area contributed by atoms with E-state index in [9.17, 15) is 9.59 Å². The molecule has 7 nitrogen and oxygen atoms in total. The molecule has 1 aromatic heterocycles. The average Bonchev–Trinajstić information content (AvgIpc) is 2.95. The molecule has 1 aromatic rings. The van der Waals surface area contributed by atoms with Crippen LogP contribution in [0.25, 0.3) is 0 Å². The van der Waals surface area contributed by atoms with Gasteiger partial charge in [-0.15, -0.1) is 5.10 Å². The summed E-state index contributed by atoms with van der Waals surface area (Å²) in [6, 6.07) is 0. The van der Waals surface area contributed by atoms with Crippen LogP contribution in [0.3, 0.4) is 0 Å². The highest BCUT2D eigenvalue weighted by atomic mass is 32.2. The molecule has 2 rings (SSSR count). The van der Waals surface area contributed by atoms with Crippen LogP contribution < -0.4 is 0 Å². The third-order valence-corrected chi connectivity index (χ3v) is 4.12. The quantitative estimate of drug-likeness (QED) is 0.603. The molecule has 8 heteroatoms. The molecular formula is C13H19N3O4S.